The summed E-state index contributed by atoms with van der Waals surface area (Å²) >= 11 is 0. The molecule has 8 nitrogen and oxygen atoms in total. The lowest BCUT2D eigenvalue weighted by atomic mass is 10.2. The van der Waals surface area contributed by atoms with Crippen molar-refractivity contribution >= 4 is 23.3 Å². The molecule has 8 heteroatoms. The van der Waals surface area contributed by atoms with Gasteiger partial charge >= 0.3 is 6.03 Å². The normalized spacial score (nSPS) is 16.8. The van der Waals surface area contributed by atoms with Crippen LogP contribution in [-0.2, 0) is 4.79 Å². The van der Waals surface area contributed by atoms with Crippen LogP contribution in [-0.4, -0.2) is 52.3 Å². The number of urea groups is 1. The molecule has 24 heavy (non-hydrogen) atoms. The molecule has 0 aromatic heterocycles. The number of hydrogen-bond acceptors (Lipinski definition) is 4. The lowest BCUT2D eigenvalue weighted by Gasteiger charge is -2.29. The summed E-state index contributed by atoms with van der Waals surface area (Å²) in [4.78, 5) is 38.5. The van der Waals surface area contributed by atoms with Crippen LogP contribution in [0.5, 0.6) is 0 Å². The summed E-state index contributed by atoms with van der Waals surface area (Å²) < 4.78 is 0. The van der Waals surface area contributed by atoms with Gasteiger partial charge in [0.05, 0.1) is 4.92 Å². The van der Waals surface area contributed by atoms with Crippen molar-refractivity contribution in [3.8, 4) is 0 Å². The molecule has 2 rings (SSSR count). The number of carbonyl (C=O) groups is 2. The molecule has 1 aliphatic heterocycles. The highest BCUT2D eigenvalue weighted by Crippen LogP contribution is 2.22. The predicted molar refractivity (Wildman–Crippen MR) is 89.8 cm³/mol. The zero-order valence-corrected chi connectivity index (χ0v) is 13.9. The molecule has 0 aliphatic carbocycles. The second-order valence-corrected chi connectivity index (χ2v) is 5.60. The summed E-state index contributed by atoms with van der Waals surface area (Å²) in [6, 6.07) is 4.88. The zero-order valence-electron chi connectivity index (χ0n) is 13.9. The molecule has 1 aromatic carbocycles. The second-order valence-electron chi connectivity index (χ2n) is 5.60. The van der Waals surface area contributed by atoms with Gasteiger partial charge in [0.15, 0.2) is 0 Å². The number of nitrogens with one attached hydrogen (secondary N) is 1. The van der Waals surface area contributed by atoms with E-state index in [0.29, 0.717) is 31.7 Å². The maximum atomic E-state index is 12.5. The third-order valence-electron chi connectivity index (χ3n) is 4.18. The number of nitrogens with zero attached hydrogens (tertiary/aromatic N) is 3. The number of nitro groups is 1. The largest absolute Gasteiger partial charge is 0.341 e. The van der Waals surface area contributed by atoms with Gasteiger partial charge < -0.3 is 15.1 Å². The van der Waals surface area contributed by atoms with Crippen LogP contribution in [0.4, 0.5) is 16.2 Å². The summed E-state index contributed by atoms with van der Waals surface area (Å²) in [6.07, 6.45) is 1.40. The number of likely N-dealkylation sites (N-methyl/N-ethyl adjacent to an activating group) is 1. The third-order valence-corrected chi connectivity index (χ3v) is 4.18. The first kappa shape index (κ1) is 17.7. The molecule has 1 unspecified atom stereocenters. The maximum absolute atomic E-state index is 12.5. The number of benzene rings is 1. The van der Waals surface area contributed by atoms with Crippen molar-refractivity contribution in [1.82, 2.24) is 9.80 Å². The van der Waals surface area contributed by atoms with Crippen LogP contribution < -0.4 is 5.32 Å². The Bertz CT molecular complexity index is 630. The van der Waals surface area contributed by atoms with Crippen molar-refractivity contribution in [2.24, 2.45) is 0 Å². The minimum Gasteiger partial charge on any atom is -0.341 e. The number of nitro benzene ring substituents is 1. The monoisotopic (exact) mass is 334 g/mol. The fourth-order valence-corrected chi connectivity index (χ4v) is 2.91. The molecule has 130 valence electrons. The predicted octanol–water partition coefficient (Wildman–Crippen LogP) is 2.46. The van der Waals surface area contributed by atoms with Crippen molar-refractivity contribution in [1.29, 1.82) is 0 Å². The maximum Gasteiger partial charge on any atom is 0.322 e. The number of hydrogen-bond donors (Lipinski definition) is 1. The quantitative estimate of drug-likeness (QED) is 0.661. The zero-order chi connectivity index (χ0) is 17.7. The molecule has 1 heterocycles. The lowest BCUT2D eigenvalue weighted by Crippen LogP contribution is -2.49. The molecule has 0 saturated carbocycles. The fourth-order valence-electron chi connectivity index (χ4n) is 2.91. The fraction of sp³-hybridized carbons (Fsp3) is 0.500. The molecule has 3 amide bonds. The van der Waals surface area contributed by atoms with Crippen LogP contribution in [0, 0.1) is 10.1 Å². The van der Waals surface area contributed by atoms with Gasteiger partial charge in [-0.3, -0.25) is 14.9 Å². The average molecular weight is 334 g/mol. The van der Waals surface area contributed by atoms with E-state index in [1.165, 1.54) is 23.1 Å². The summed E-state index contributed by atoms with van der Waals surface area (Å²) in [7, 11) is 0. The molecule has 1 atom stereocenters. The second kappa shape index (κ2) is 7.76. The molecular weight excluding hydrogens is 312 g/mol. The van der Waals surface area contributed by atoms with E-state index >= 15 is 0 Å². The lowest BCUT2D eigenvalue weighted by molar-refractivity contribution is -0.384. The van der Waals surface area contributed by atoms with Gasteiger partial charge in [0.1, 0.15) is 6.04 Å². The highest BCUT2D eigenvalue weighted by molar-refractivity contribution is 5.94. The Labute approximate surface area is 140 Å². The van der Waals surface area contributed by atoms with Gasteiger partial charge in [0.2, 0.25) is 5.91 Å². The van der Waals surface area contributed by atoms with Crippen LogP contribution >= 0.6 is 0 Å². The smallest absolute Gasteiger partial charge is 0.322 e. The molecule has 0 radical (unpaired) electrons. The van der Waals surface area contributed by atoms with E-state index in [4.69, 9.17) is 0 Å². The molecule has 1 aromatic rings. The van der Waals surface area contributed by atoms with Crippen molar-refractivity contribution in [3.63, 3.8) is 0 Å². The van der Waals surface area contributed by atoms with E-state index in [1.54, 1.807) is 11.0 Å². The Kier molecular flexibility index (Phi) is 5.73. The van der Waals surface area contributed by atoms with Gasteiger partial charge in [-0.05, 0) is 32.8 Å². The SMILES string of the molecule is CCN(CC)C(=O)C1CCCN1C(=O)Nc1cccc([N+](=O)[O-])c1. The summed E-state index contributed by atoms with van der Waals surface area (Å²) in [6.45, 7) is 5.52. The van der Waals surface area contributed by atoms with Gasteiger partial charge in [-0.25, -0.2) is 4.79 Å². The summed E-state index contributed by atoms with van der Waals surface area (Å²) in [5, 5.41) is 13.5. The molecule has 1 saturated heterocycles. The first-order valence-corrected chi connectivity index (χ1v) is 8.08. The van der Waals surface area contributed by atoms with Gasteiger partial charge in [0, 0.05) is 37.5 Å². The van der Waals surface area contributed by atoms with Crippen molar-refractivity contribution in [2.45, 2.75) is 32.7 Å². The highest BCUT2D eigenvalue weighted by atomic mass is 16.6. The number of rotatable bonds is 5. The van der Waals surface area contributed by atoms with Crippen LogP contribution in [0.15, 0.2) is 24.3 Å². The summed E-state index contributed by atoms with van der Waals surface area (Å²) in [5.41, 5.74) is 0.250. The Morgan fingerprint density at radius 1 is 1.38 bits per heavy atom. The van der Waals surface area contributed by atoms with E-state index in [1.807, 2.05) is 13.8 Å². The highest BCUT2D eigenvalue weighted by Gasteiger charge is 2.36. The van der Waals surface area contributed by atoms with Gasteiger partial charge in [-0.2, -0.15) is 0 Å². The van der Waals surface area contributed by atoms with Crippen molar-refractivity contribution in [2.75, 3.05) is 25.0 Å². The Balaban J connectivity index is 2.09. The molecule has 1 N–H and O–H groups in total. The molecule has 0 bridgehead atoms. The van der Waals surface area contributed by atoms with Crippen LogP contribution in [0.25, 0.3) is 0 Å². The number of non-ortho nitro benzene ring substituents is 1. The average Bonchev–Trinajstić information content (AvgIpc) is 3.05. The third kappa shape index (κ3) is 3.81. The minimum absolute atomic E-state index is 0.0494. The van der Waals surface area contributed by atoms with Gasteiger partial charge in [-0.15, -0.1) is 0 Å². The Morgan fingerprint density at radius 3 is 2.71 bits per heavy atom. The van der Waals surface area contributed by atoms with Gasteiger partial charge in [0.25, 0.3) is 5.69 Å². The van der Waals surface area contributed by atoms with E-state index in [-0.39, 0.29) is 11.6 Å². The Morgan fingerprint density at radius 2 is 2.08 bits per heavy atom. The van der Waals surface area contributed by atoms with Crippen LogP contribution in [0.3, 0.4) is 0 Å². The first-order chi connectivity index (χ1) is 11.5. The number of anilines is 1. The van der Waals surface area contributed by atoms with Crippen molar-refractivity contribution in [3.05, 3.63) is 34.4 Å². The molecular formula is C16H22N4O4. The van der Waals surface area contributed by atoms with E-state index in [2.05, 4.69) is 5.32 Å². The number of amides is 3. The number of likely N-dealkylation sites (tertiary alicyclic amines) is 1. The molecule has 1 aliphatic rings. The standard InChI is InChI=1S/C16H22N4O4/c1-3-18(4-2)15(21)14-9-6-10-19(14)16(22)17-12-7-5-8-13(11-12)20(23)24/h5,7-8,11,14H,3-4,6,9-10H2,1-2H3,(H,17,22). The topological polar surface area (TPSA) is 95.8 Å². The minimum atomic E-state index is -0.516. The Hall–Kier alpha value is -2.64. The van der Waals surface area contributed by atoms with E-state index in [9.17, 15) is 19.7 Å². The van der Waals surface area contributed by atoms with Crippen LogP contribution in [0.2, 0.25) is 0 Å². The first-order valence-electron chi connectivity index (χ1n) is 8.08. The van der Waals surface area contributed by atoms with Crippen LogP contribution in [0.1, 0.15) is 26.7 Å². The summed E-state index contributed by atoms with van der Waals surface area (Å²) in [5.74, 6) is -0.0494. The van der Waals surface area contributed by atoms with Crippen molar-refractivity contribution < 1.29 is 14.5 Å². The molecule has 0 spiro atoms. The van der Waals surface area contributed by atoms with E-state index in [0.717, 1.165) is 6.42 Å². The number of carbonyl (C=O) groups excluding carboxylic acids is 2. The molecule has 1 fully saturated rings. The van der Waals surface area contributed by atoms with E-state index < -0.39 is 17.0 Å². The van der Waals surface area contributed by atoms with Gasteiger partial charge in [-0.1, -0.05) is 6.07 Å².